The van der Waals surface area contributed by atoms with Gasteiger partial charge in [-0.2, -0.15) is 0 Å². The number of rotatable bonds is 11. The van der Waals surface area contributed by atoms with E-state index in [4.69, 9.17) is 29.4 Å². The number of piperidine rings is 1. The zero-order valence-corrected chi connectivity index (χ0v) is 33.7. The summed E-state index contributed by atoms with van der Waals surface area (Å²) in [5.74, 6) is 1.77. The van der Waals surface area contributed by atoms with Crippen LogP contribution in [-0.4, -0.2) is 86.8 Å². The first-order valence-corrected chi connectivity index (χ1v) is 20.5. The Morgan fingerprint density at radius 1 is 0.810 bits per heavy atom. The highest BCUT2D eigenvalue weighted by Gasteiger charge is 2.59. The fourth-order valence-electron chi connectivity index (χ4n) is 9.91. The molecular weight excluding hydrogens is 737 g/mol. The molecule has 0 radical (unpaired) electrons. The number of aromatic amines is 1. The van der Waals surface area contributed by atoms with E-state index in [0.29, 0.717) is 24.2 Å². The first kappa shape index (κ1) is 37.9. The number of aliphatic imine (C=N–C) groups is 1. The van der Waals surface area contributed by atoms with E-state index in [9.17, 15) is 19.2 Å². The molecule has 0 spiro atoms. The highest BCUT2D eigenvalue weighted by Crippen LogP contribution is 2.60. The molecule has 2 aliphatic heterocycles. The summed E-state index contributed by atoms with van der Waals surface area (Å²) in [5, 5.41) is 5.53. The summed E-state index contributed by atoms with van der Waals surface area (Å²) in [5.41, 5.74) is 8.03. The molecule has 4 aromatic rings. The molecule has 14 nitrogen and oxygen atoms in total. The van der Waals surface area contributed by atoms with Gasteiger partial charge in [0, 0.05) is 41.1 Å². The lowest BCUT2D eigenvalue weighted by molar-refractivity contribution is -0.136. The number of ether oxygens (including phenoxy) is 2. The number of H-pyrrole nitrogens is 1. The van der Waals surface area contributed by atoms with Gasteiger partial charge >= 0.3 is 12.2 Å². The second-order valence-electron chi connectivity index (χ2n) is 17.5. The van der Waals surface area contributed by atoms with Gasteiger partial charge in [0.2, 0.25) is 5.91 Å². The number of fused-ring (bicyclic) bond motifs is 4. The van der Waals surface area contributed by atoms with Gasteiger partial charge in [0.1, 0.15) is 11.9 Å². The Morgan fingerprint density at radius 3 is 2.29 bits per heavy atom. The Balaban J connectivity index is 0.894. The van der Waals surface area contributed by atoms with Crippen molar-refractivity contribution >= 4 is 46.3 Å². The van der Waals surface area contributed by atoms with Gasteiger partial charge in [-0.15, -0.1) is 0 Å². The van der Waals surface area contributed by atoms with E-state index >= 15 is 0 Å². The molecule has 9 atom stereocenters. The van der Waals surface area contributed by atoms with Gasteiger partial charge in [-0.3, -0.25) is 19.6 Å². The minimum Gasteiger partial charge on any atom is -0.453 e. The summed E-state index contributed by atoms with van der Waals surface area (Å²) in [6, 6.07) is 10.8. The van der Waals surface area contributed by atoms with Crippen LogP contribution >= 0.6 is 0 Å². The molecule has 3 aliphatic carbocycles. The maximum atomic E-state index is 14.0. The van der Waals surface area contributed by atoms with Gasteiger partial charge in [-0.1, -0.05) is 39.8 Å². The quantitative estimate of drug-likeness (QED) is 0.151. The van der Waals surface area contributed by atoms with Gasteiger partial charge in [0.05, 0.1) is 66.8 Å². The Kier molecular flexibility index (Phi) is 9.55. The molecule has 0 bridgehead atoms. The third kappa shape index (κ3) is 6.79. The van der Waals surface area contributed by atoms with Crippen molar-refractivity contribution in [3.63, 3.8) is 0 Å². The number of carbonyl (C=O) groups is 4. The number of alkyl carbamates (subject to hydrolysis) is 2. The van der Waals surface area contributed by atoms with Gasteiger partial charge in [0.15, 0.2) is 5.78 Å². The number of benzene rings is 2. The number of imidazole rings is 1. The number of aromatic nitrogens is 4. The van der Waals surface area contributed by atoms with Crippen LogP contribution < -0.4 is 10.6 Å². The lowest BCUT2D eigenvalue weighted by Gasteiger charge is -2.31. The number of amides is 3. The summed E-state index contributed by atoms with van der Waals surface area (Å²) in [4.78, 5) is 77.0. The fraction of sp³-hybridized carbons (Fsp3) is 0.500. The third-order valence-corrected chi connectivity index (χ3v) is 13.1. The Hall–Kier alpha value is -5.66. The van der Waals surface area contributed by atoms with Gasteiger partial charge in [0.25, 0.3) is 0 Å². The molecule has 3 saturated carbocycles. The van der Waals surface area contributed by atoms with Crippen LogP contribution in [0.3, 0.4) is 0 Å². The zero-order valence-electron chi connectivity index (χ0n) is 33.7. The van der Waals surface area contributed by atoms with Crippen LogP contribution in [0, 0.1) is 41.4 Å². The summed E-state index contributed by atoms with van der Waals surface area (Å²) in [7, 11) is 2.62. The average Bonchev–Trinajstić information content (AvgIpc) is 3.84. The first-order chi connectivity index (χ1) is 27.9. The van der Waals surface area contributed by atoms with Crippen LogP contribution in [0.25, 0.3) is 33.5 Å². The molecular formula is C44H50N8O6. The van der Waals surface area contributed by atoms with Gasteiger partial charge in [-0.05, 0) is 85.1 Å². The maximum Gasteiger partial charge on any atom is 0.407 e. The van der Waals surface area contributed by atoms with E-state index in [1.807, 2.05) is 62.9 Å². The van der Waals surface area contributed by atoms with E-state index in [1.165, 1.54) is 14.2 Å². The number of nitrogens with zero attached hydrogens (tertiary/aromatic N) is 5. The number of likely N-dealkylation sites (tertiary alicyclic amines) is 1. The summed E-state index contributed by atoms with van der Waals surface area (Å²) in [6.45, 7) is 7.74. The monoisotopic (exact) mass is 786 g/mol. The highest BCUT2D eigenvalue weighted by atomic mass is 16.5. The Bertz CT molecular complexity index is 2350. The van der Waals surface area contributed by atoms with Crippen molar-refractivity contribution in [2.75, 3.05) is 14.2 Å². The smallest absolute Gasteiger partial charge is 0.407 e. The number of hydrogen-bond acceptors (Lipinski definition) is 10. The molecule has 4 heterocycles. The number of methoxy groups -OCH3 is 2. The van der Waals surface area contributed by atoms with E-state index in [2.05, 4.69) is 21.7 Å². The number of ketones is 1. The number of carbonyl (C=O) groups excluding carboxylic acids is 4. The average molecular weight is 787 g/mol. The lowest BCUT2D eigenvalue weighted by Crippen LogP contribution is -2.52. The molecule has 14 heteroatoms. The highest BCUT2D eigenvalue weighted by molar-refractivity contribution is 6.01. The normalized spacial score (nSPS) is 26.1. The molecule has 3 N–H and O–H groups in total. The molecule has 3 amide bonds. The summed E-state index contributed by atoms with van der Waals surface area (Å²) in [6.07, 6.45) is 6.88. The molecule has 1 saturated heterocycles. The van der Waals surface area contributed by atoms with Crippen molar-refractivity contribution in [2.45, 2.75) is 84.0 Å². The molecule has 58 heavy (non-hydrogen) atoms. The summed E-state index contributed by atoms with van der Waals surface area (Å²) < 4.78 is 9.63. The van der Waals surface area contributed by atoms with Gasteiger partial charge in [-0.25, -0.2) is 19.6 Å². The topological polar surface area (TPSA) is 181 Å². The minimum absolute atomic E-state index is 0.0526. The molecule has 9 rings (SSSR count). The third-order valence-electron chi connectivity index (χ3n) is 13.1. The van der Waals surface area contributed by atoms with Crippen molar-refractivity contribution in [3.05, 3.63) is 60.2 Å². The van der Waals surface area contributed by atoms with Crippen LogP contribution in [-0.2, 0) is 25.5 Å². The molecule has 5 aliphatic rings. The van der Waals surface area contributed by atoms with E-state index in [1.54, 1.807) is 12.4 Å². The Morgan fingerprint density at radius 2 is 1.55 bits per heavy atom. The molecule has 2 aromatic carbocycles. The van der Waals surface area contributed by atoms with Crippen molar-refractivity contribution in [1.82, 2.24) is 35.5 Å². The largest absolute Gasteiger partial charge is 0.453 e. The number of hydrogen-bond donors (Lipinski definition) is 3. The molecule has 4 fully saturated rings. The number of Topliss-reactive ketones (excluding diaryl/α,β-unsaturated/α-hetero) is 1. The maximum absolute atomic E-state index is 14.0. The number of nitrogens with one attached hydrogen (secondary N) is 3. The van der Waals surface area contributed by atoms with Gasteiger partial charge < -0.3 is 30.0 Å². The van der Waals surface area contributed by atoms with Crippen molar-refractivity contribution in [2.24, 2.45) is 46.4 Å². The minimum atomic E-state index is -0.690. The zero-order chi connectivity index (χ0) is 40.6. The predicted octanol–water partition coefficient (Wildman–Crippen LogP) is 6.58. The SMILES string of the molecule is COC(=O)N[C@H](C(=O)C1[C@H](C2=Nc3ccc(-c4cnc5cc(-c6cnc([C@@H]7C[C@H]8C[C@H]8N7C(=O)[C@@H](NC(=O)OC)C(C)C)[nH]6)ccc5n4)cc3C2)C[C@H]2C[C@@H]12)C(C)C. The van der Waals surface area contributed by atoms with Crippen LogP contribution in [0.1, 0.15) is 70.8 Å². The second kappa shape index (κ2) is 14.6. The van der Waals surface area contributed by atoms with Crippen LogP contribution in [0.5, 0.6) is 0 Å². The van der Waals surface area contributed by atoms with Crippen molar-refractivity contribution in [1.29, 1.82) is 0 Å². The summed E-state index contributed by atoms with van der Waals surface area (Å²) >= 11 is 0. The standard InChI is InChI=1S/C44H50N8O6/c1-20(2)38(50-43(55)57-5)40(53)37-27-12-24(27)13-28(37)31-15-25-11-22(7-9-29(25)47-31)33-18-45-32-14-23(8-10-30(32)48-33)34-19-46-41(49-34)36-17-26-16-35(26)52(36)42(54)39(21(3)4)51-44(56)58-6/h7-11,14,18-21,24,26-28,35-39H,12-13,15-17H2,1-6H3,(H,46,49)(H,50,55)(H,51,56)/t24-,26-,27-,28+,35-,36+,37?,38+,39+/m1/s1. The van der Waals surface area contributed by atoms with E-state index in [-0.39, 0.29) is 47.4 Å². The predicted molar refractivity (Wildman–Crippen MR) is 216 cm³/mol. The van der Waals surface area contributed by atoms with E-state index in [0.717, 1.165) is 82.0 Å². The van der Waals surface area contributed by atoms with Crippen molar-refractivity contribution in [3.8, 4) is 22.5 Å². The van der Waals surface area contributed by atoms with Crippen LogP contribution in [0.15, 0.2) is 53.8 Å². The lowest BCUT2D eigenvalue weighted by atomic mass is 9.78. The first-order valence-electron chi connectivity index (χ1n) is 20.5. The molecule has 2 aromatic heterocycles. The van der Waals surface area contributed by atoms with Crippen LogP contribution in [0.4, 0.5) is 15.3 Å². The molecule has 302 valence electrons. The Labute approximate surface area is 337 Å². The van der Waals surface area contributed by atoms with E-state index < -0.39 is 24.3 Å². The van der Waals surface area contributed by atoms with Crippen molar-refractivity contribution < 1.29 is 28.7 Å². The second-order valence-corrected chi connectivity index (χ2v) is 17.5. The fourth-order valence-corrected chi connectivity index (χ4v) is 9.91. The molecule has 1 unspecified atom stereocenters. The van der Waals surface area contributed by atoms with Crippen LogP contribution in [0.2, 0.25) is 0 Å².